The predicted molar refractivity (Wildman–Crippen MR) is 72.1 cm³/mol. The Kier molecular flexibility index (Phi) is 4.70. The molecule has 1 aromatic rings. The second-order valence-corrected chi connectivity index (χ2v) is 4.76. The number of benzene rings is 1. The van der Waals surface area contributed by atoms with Crippen LogP contribution in [0.25, 0.3) is 0 Å². The van der Waals surface area contributed by atoms with E-state index in [9.17, 15) is 9.59 Å². The molecule has 1 aliphatic rings. The fraction of sp³-hybridized carbons (Fsp3) is 0.429. The van der Waals surface area contributed by atoms with E-state index in [4.69, 9.17) is 15.6 Å². The van der Waals surface area contributed by atoms with Crippen molar-refractivity contribution in [2.45, 2.75) is 18.5 Å². The van der Waals surface area contributed by atoms with Crippen molar-refractivity contribution in [2.75, 3.05) is 19.8 Å². The lowest BCUT2D eigenvalue weighted by atomic mass is 10.0. The van der Waals surface area contributed by atoms with E-state index in [1.165, 1.54) is 4.90 Å². The molecule has 0 spiro atoms. The Bertz CT molecular complexity index is 477. The van der Waals surface area contributed by atoms with Gasteiger partial charge in [0.25, 0.3) is 0 Å². The zero-order valence-electron chi connectivity index (χ0n) is 11.1. The highest BCUT2D eigenvalue weighted by molar-refractivity contribution is 5.87. The number of carbonyl (C=O) groups excluding carboxylic acids is 1. The molecule has 2 atom stereocenters. The minimum Gasteiger partial charge on any atom is -0.480 e. The van der Waals surface area contributed by atoms with Crippen molar-refractivity contribution in [1.29, 1.82) is 0 Å². The third-order valence-corrected chi connectivity index (χ3v) is 3.31. The predicted octanol–water partition coefficient (Wildman–Crippen LogP) is -0.132. The van der Waals surface area contributed by atoms with Crippen LogP contribution in [0.15, 0.2) is 30.3 Å². The molecule has 1 unspecified atom stereocenters. The molecule has 0 saturated carbocycles. The molecule has 0 aliphatic carbocycles. The van der Waals surface area contributed by atoms with Gasteiger partial charge in [-0.1, -0.05) is 30.3 Å². The Morgan fingerprint density at radius 2 is 2.10 bits per heavy atom. The van der Waals surface area contributed by atoms with Gasteiger partial charge in [0.15, 0.2) is 6.04 Å². The third kappa shape index (κ3) is 3.34. The summed E-state index contributed by atoms with van der Waals surface area (Å²) in [6.45, 7) is 0.616. The Labute approximate surface area is 117 Å². The van der Waals surface area contributed by atoms with Crippen molar-refractivity contribution >= 4 is 11.9 Å². The highest BCUT2D eigenvalue weighted by Crippen LogP contribution is 2.11. The second-order valence-electron chi connectivity index (χ2n) is 4.76. The van der Waals surface area contributed by atoms with E-state index >= 15 is 0 Å². The SMILES string of the molecule is N[C@@H](Cc1ccccc1)C(=O)N1CCOCC1C(=O)O. The molecular weight excluding hydrogens is 260 g/mol. The fourth-order valence-electron chi connectivity index (χ4n) is 2.24. The van der Waals surface area contributed by atoms with Gasteiger partial charge in [0.2, 0.25) is 5.91 Å². The topological polar surface area (TPSA) is 92.9 Å². The first-order valence-electron chi connectivity index (χ1n) is 6.50. The molecule has 3 N–H and O–H groups in total. The maximum Gasteiger partial charge on any atom is 0.328 e. The van der Waals surface area contributed by atoms with Gasteiger partial charge in [-0.05, 0) is 12.0 Å². The molecule has 1 aliphatic heterocycles. The Hall–Kier alpha value is -1.92. The molecule has 6 nitrogen and oxygen atoms in total. The van der Waals surface area contributed by atoms with Crippen LogP contribution in [0.2, 0.25) is 0 Å². The average molecular weight is 278 g/mol. The molecule has 0 aromatic heterocycles. The summed E-state index contributed by atoms with van der Waals surface area (Å²) in [5.74, 6) is -1.41. The van der Waals surface area contributed by atoms with Crippen LogP contribution in [-0.4, -0.2) is 53.7 Å². The highest BCUT2D eigenvalue weighted by Gasteiger charge is 2.34. The molecule has 1 amide bonds. The lowest BCUT2D eigenvalue weighted by Crippen LogP contribution is -2.57. The van der Waals surface area contributed by atoms with E-state index in [0.29, 0.717) is 13.0 Å². The molecule has 1 aromatic carbocycles. The van der Waals surface area contributed by atoms with Crippen molar-refractivity contribution in [3.63, 3.8) is 0 Å². The number of aliphatic carboxylic acids is 1. The first kappa shape index (κ1) is 14.5. The van der Waals surface area contributed by atoms with Gasteiger partial charge >= 0.3 is 5.97 Å². The minimum atomic E-state index is -1.06. The molecule has 1 saturated heterocycles. The van der Waals surface area contributed by atoms with Crippen LogP contribution in [-0.2, 0) is 20.7 Å². The van der Waals surface area contributed by atoms with Gasteiger partial charge in [0.05, 0.1) is 19.3 Å². The number of carbonyl (C=O) groups is 2. The van der Waals surface area contributed by atoms with Crippen molar-refractivity contribution in [2.24, 2.45) is 5.73 Å². The van der Waals surface area contributed by atoms with E-state index in [-0.39, 0.29) is 19.1 Å². The quantitative estimate of drug-likeness (QED) is 0.800. The summed E-state index contributed by atoms with van der Waals surface area (Å²) in [5, 5.41) is 9.11. The standard InChI is InChI=1S/C14H18N2O4/c15-11(8-10-4-2-1-3-5-10)13(17)16-6-7-20-9-12(16)14(18)19/h1-5,11-12H,6-9,15H2,(H,18,19)/t11-,12?/m0/s1. The van der Waals surface area contributed by atoms with Gasteiger partial charge in [-0.2, -0.15) is 0 Å². The lowest BCUT2D eigenvalue weighted by Gasteiger charge is -2.34. The first-order valence-corrected chi connectivity index (χ1v) is 6.50. The zero-order chi connectivity index (χ0) is 14.5. The van der Waals surface area contributed by atoms with Crippen LogP contribution >= 0.6 is 0 Å². The third-order valence-electron chi connectivity index (χ3n) is 3.31. The van der Waals surface area contributed by atoms with Crippen LogP contribution < -0.4 is 5.73 Å². The summed E-state index contributed by atoms with van der Waals surface area (Å²) in [5.41, 5.74) is 6.87. The van der Waals surface area contributed by atoms with Gasteiger partial charge in [-0.25, -0.2) is 4.79 Å². The molecule has 1 heterocycles. The smallest absolute Gasteiger partial charge is 0.328 e. The number of hydrogen-bond acceptors (Lipinski definition) is 4. The van der Waals surface area contributed by atoms with Crippen molar-refractivity contribution in [3.05, 3.63) is 35.9 Å². The number of amides is 1. The number of carboxylic acids is 1. The molecule has 2 rings (SSSR count). The maximum absolute atomic E-state index is 12.3. The van der Waals surface area contributed by atoms with Gasteiger partial charge in [0, 0.05) is 6.54 Å². The maximum atomic E-state index is 12.3. The van der Waals surface area contributed by atoms with Crippen LogP contribution in [0.1, 0.15) is 5.56 Å². The van der Waals surface area contributed by atoms with Crippen LogP contribution in [0, 0.1) is 0 Å². The van der Waals surface area contributed by atoms with Gasteiger partial charge < -0.3 is 20.5 Å². The van der Waals surface area contributed by atoms with Crippen LogP contribution in [0.4, 0.5) is 0 Å². The normalized spacial score (nSPS) is 20.4. The van der Waals surface area contributed by atoms with E-state index < -0.39 is 18.1 Å². The minimum absolute atomic E-state index is 0.0130. The van der Waals surface area contributed by atoms with Gasteiger partial charge in [-0.3, -0.25) is 4.79 Å². The Morgan fingerprint density at radius 3 is 2.75 bits per heavy atom. The molecule has 1 fully saturated rings. The Balaban J connectivity index is 2.03. The highest BCUT2D eigenvalue weighted by atomic mass is 16.5. The van der Waals surface area contributed by atoms with Crippen molar-refractivity contribution in [1.82, 2.24) is 4.90 Å². The summed E-state index contributed by atoms with van der Waals surface area (Å²) in [7, 11) is 0. The van der Waals surface area contributed by atoms with Crippen molar-refractivity contribution in [3.8, 4) is 0 Å². The lowest BCUT2D eigenvalue weighted by molar-refractivity contribution is -0.158. The number of rotatable bonds is 4. The number of nitrogens with zero attached hydrogens (tertiary/aromatic N) is 1. The second kappa shape index (κ2) is 6.49. The summed E-state index contributed by atoms with van der Waals surface area (Å²) in [6, 6.07) is 7.74. The van der Waals surface area contributed by atoms with E-state index in [2.05, 4.69) is 0 Å². The molecule has 0 bridgehead atoms. The molecular formula is C14H18N2O4. The number of hydrogen-bond donors (Lipinski definition) is 2. The van der Waals surface area contributed by atoms with Crippen molar-refractivity contribution < 1.29 is 19.4 Å². The van der Waals surface area contributed by atoms with E-state index in [0.717, 1.165) is 5.56 Å². The first-order chi connectivity index (χ1) is 9.59. The van der Waals surface area contributed by atoms with Gasteiger partial charge in [0.1, 0.15) is 0 Å². The number of morpholine rings is 1. The van der Waals surface area contributed by atoms with E-state index in [1.54, 1.807) is 0 Å². The molecule has 0 radical (unpaired) electrons. The summed E-state index contributed by atoms with van der Waals surface area (Å²) in [4.78, 5) is 24.7. The summed E-state index contributed by atoms with van der Waals surface area (Å²) >= 11 is 0. The molecule has 6 heteroatoms. The summed E-state index contributed by atoms with van der Waals surface area (Å²) in [6.07, 6.45) is 0.392. The number of ether oxygens (including phenoxy) is 1. The Morgan fingerprint density at radius 1 is 1.40 bits per heavy atom. The number of carboxylic acid groups (broad SMARTS) is 1. The molecule has 108 valence electrons. The number of nitrogens with two attached hydrogens (primary N) is 1. The fourth-order valence-corrected chi connectivity index (χ4v) is 2.24. The summed E-state index contributed by atoms with van der Waals surface area (Å²) < 4.78 is 5.11. The van der Waals surface area contributed by atoms with Crippen LogP contribution in [0.3, 0.4) is 0 Å². The monoisotopic (exact) mass is 278 g/mol. The van der Waals surface area contributed by atoms with Crippen LogP contribution in [0.5, 0.6) is 0 Å². The zero-order valence-corrected chi connectivity index (χ0v) is 11.1. The molecule has 20 heavy (non-hydrogen) atoms. The largest absolute Gasteiger partial charge is 0.480 e. The van der Waals surface area contributed by atoms with E-state index in [1.807, 2.05) is 30.3 Å². The van der Waals surface area contributed by atoms with Gasteiger partial charge in [-0.15, -0.1) is 0 Å². The average Bonchev–Trinajstić information content (AvgIpc) is 2.47.